The zero-order valence-electron chi connectivity index (χ0n) is 9.41. The van der Waals surface area contributed by atoms with Gasteiger partial charge < -0.3 is 10.4 Å². The molecule has 1 heterocycles. The van der Waals surface area contributed by atoms with Gasteiger partial charge in [-0.15, -0.1) is 0 Å². The summed E-state index contributed by atoms with van der Waals surface area (Å²) in [6.07, 6.45) is 5.46. The van der Waals surface area contributed by atoms with E-state index in [1.807, 2.05) is 13.0 Å². The van der Waals surface area contributed by atoms with Gasteiger partial charge in [-0.05, 0) is 44.2 Å². The number of aryl methyl sites for hydroxylation is 1. The number of aliphatic hydroxyl groups excluding tert-OH is 1. The fourth-order valence-electron chi connectivity index (χ4n) is 2.09. The third-order valence-electron chi connectivity index (χ3n) is 3.08. The number of hydrogen-bond donors (Lipinski definition) is 2. The molecule has 1 aliphatic rings. The molecule has 0 amide bonds. The molecule has 1 aromatic heterocycles. The molecule has 4 heteroatoms. The molecule has 0 atom stereocenters. The van der Waals surface area contributed by atoms with Crippen molar-refractivity contribution in [2.24, 2.45) is 0 Å². The minimum Gasteiger partial charge on any atom is -0.393 e. The van der Waals surface area contributed by atoms with Gasteiger partial charge >= 0.3 is 0 Å². The Hall–Kier alpha value is -0.800. The molecule has 3 nitrogen and oxygen atoms in total. The monoisotopic (exact) mass is 240 g/mol. The normalized spacial score (nSPS) is 25.4. The van der Waals surface area contributed by atoms with Gasteiger partial charge in [-0.25, -0.2) is 4.98 Å². The molecular formula is C12H17ClN2O. The van der Waals surface area contributed by atoms with Gasteiger partial charge in [0.15, 0.2) is 0 Å². The zero-order chi connectivity index (χ0) is 11.5. The summed E-state index contributed by atoms with van der Waals surface area (Å²) in [6.45, 7) is 1.95. The highest BCUT2D eigenvalue weighted by molar-refractivity contribution is 6.30. The van der Waals surface area contributed by atoms with Gasteiger partial charge in [0.2, 0.25) is 0 Å². The highest BCUT2D eigenvalue weighted by atomic mass is 35.5. The van der Waals surface area contributed by atoms with Gasteiger partial charge in [-0.1, -0.05) is 11.6 Å². The van der Waals surface area contributed by atoms with E-state index in [9.17, 15) is 5.11 Å². The molecule has 1 aromatic rings. The largest absolute Gasteiger partial charge is 0.393 e. The Kier molecular flexibility index (Phi) is 3.66. The van der Waals surface area contributed by atoms with Crippen molar-refractivity contribution >= 4 is 17.3 Å². The van der Waals surface area contributed by atoms with Crippen molar-refractivity contribution in [2.75, 3.05) is 5.32 Å². The summed E-state index contributed by atoms with van der Waals surface area (Å²) in [6, 6.07) is 2.46. The number of halogens is 1. The number of anilines is 1. The van der Waals surface area contributed by atoms with Crippen molar-refractivity contribution in [1.29, 1.82) is 0 Å². The lowest BCUT2D eigenvalue weighted by Crippen LogP contribution is -2.28. The standard InChI is InChI=1S/C12H17ClN2O/c1-8-6-10(7-14-12(8)13)15-9-2-4-11(16)5-3-9/h6-7,9,11,15-16H,2-5H2,1H3. The van der Waals surface area contributed by atoms with Crippen LogP contribution in [0.25, 0.3) is 0 Å². The number of pyridine rings is 1. The third kappa shape index (κ3) is 2.86. The summed E-state index contributed by atoms with van der Waals surface area (Å²) in [7, 11) is 0. The maximum absolute atomic E-state index is 9.42. The van der Waals surface area contributed by atoms with Crippen LogP contribution in [0.15, 0.2) is 12.3 Å². The summed E-state index contributed by atoms with van der Waals surface area (Å²) in [5.41, 5.74) is 2.01. The van der Waals surface area contributed by atoms with Crippen LogP contribution in [0.5, 0.6) is 0 Å². The van der Waals surface area contributed by atoms with E-state index in [-0.39, 0.29) is 6.10 Å². The first-order chi connectivity index (χ1) is 7.65. The SMILES string of the molecule is Cc1cc(NC2CCC(O)CC2)cnc1Cl. The van der Waals surface area contributed by atoms with Gasteiger partial charge in [0.25, 0.3) is 0 Å². The molecule has 1 saturated carbocycles. The number of aliphatic hydroxyl groups is 1. The van der Waals surface area contributed by atoms with Crippen LogP contribution >= 0.6 is 11.6 Å². The van der Waals surface area contributed by atoms with Crippen molar-refractivity contribution in [3.8, 4) is 0 Å². The summed E-state index contributed by atoms with van der Waals surface area (Å²) in [4.78, 5) is 4.11. The molecule has 0 aliphatic heterocycles. The summed E-state index contributed by atoms with van der Waals surface area (Å²) in [5.74, 6) is 0. The molecule has 0 saturated heterocycles. The van der Waals surface area contributed by atoms with Gasteiger partial charge in [0.1, 0.15) is 5.15 Å². The Balaban J connectivity index is 1.96. The Morgan fingerprint density at radius 2 is 2.06 bits per heavy atom. The third-order valence-corrected chi connectivity index (χ3v) is 3.48. The van der Waals surface area contributed by atoms with Crippen LogP contribution in [0.3, 0.4) is 0 Å². The minimum atomic E-state index is -0.108. The molecule has 88 valence electrons. The van der Waals surface area contributed by atoms with Crippen LogP contribution < -0.4 is 5.32 Å². The van der Waals surface area contributed by atoms with E-state index in [1.165, 1.54) is 0 Å². The number of nitrogens with zero attached hydrogens (tertiary/aromatic N) is 1. The molecule has 16 heavy (non-hydrogen) atoms. The topological polar surface area (TPSA) is 45.1 Å². The second-order valence-electron chi connectivity index (χ2n) is 4.48. The van der Waals surface area contributed by atoms with Crippen LogP contribution in [-0.4, -0.2) is 22.2 Å². The Bertz CT molecular complexity index is 362. The Morgan fingerprint density at radius 1 is 1.38 bits per heavy atom. The number of aromatic nitrogens is 1. The van der Waals surface area contributed by atoms with Crippen molar-refractivity contribution in [1.82, 2.24) is 4.98 Å². The zero-order valence-corrected chi connectivity index (χ0v) is 10.2. The molecule has 0 radical (unpaired) electrons. The minimum absolute atomic E-state index is 0.108. The predicted molar refractivity (Wildman–Crippen MR) is 65.9 cm³/mol. The van der Waals surface area contributed by atoms with E-state index < -0.39 is 0 Å². The summed E-state index contributed by atoms with van der Waals surface area (Å²) < 4.78 is 0. The molecule has 0 aromatic carbocycles. The smallest absolute Gasteiger partial charge is 0.132 e. The van der Waals surface area contributed by atoms with Gasteiger partial charge in [-0.2, -0.15) is 0 Å². The van der Waals surface area contributed by atoms with E-state index in [2.05, 4.69) is 10.3 Å². The first-order valence-corrected chi connectivity index (χ1v) is 6.09. The highest BCUT2D eigenvalue weighted by Crippen LogP contribution is 2.23. The van der Waals surface area contributed by atoms with Crippen LogP contribution in [0.2, 0.25) is 5.15 Å². The second kappa shape index (κ2) is 5.02. The molecule has 0 spiro atoms. The number of rotatable bonds is 2. The average Bonchev–Trinajstić information content (AvgIpc) is 2.27. The Labute approximate surface area is 101 Å². The molecule has 2 N–H and O–H groups in total. The fourth-order valence-corrected chi connectivity index (χ4v) is 2.20. The fraction of sp³-hybridized carbons (Fsp3) is 0.583. The first kappa shape index (κ1) is 11.7. The second-order valence-corrected chi connectivity index (χ2v) is 4.84. The lowest BCUT2D eigenvalue weighted by Gasteiger charge is -2.27. The molecule has 0 bridgehead atoms. The number of hydrogen-bond acceptors (Lipinski definition) is 3. The maximum Gasteiger partial charge on any atom is 0.132 e. The van der Waals surface area contributed by atoms with Crippen molar-refractivity contribution in [2.45, 2.75) is 44.8 Å². The summed E-state index contributed by atoms with van der Waals surface area (Å²) in [5, 5.41) is 13.4. The lowest BCUT2D eigenvalue weighted by atomic mass is 9.93. The molecule has 0 unspecified atom stereocenters. The highest BCUT2D eigenvalue weighted by Gasteiger charge is 2.19. The van der Waals surface area contributed by atoms with Gasteiger partial charge in [0.05, 0.1) is 18.0 Å². The van der Waals surface area contributed by atoms with Gasteiger partial charge in [-0.3, -0.25) is 0 Å². The Morgan fingerprint density at radius 3 is 2.69 bits per heavy atom. The van der Waals surface area contributed by atoms with E-state index >= 15 is 0 Å². The van der Waals surface area contributed by atoms with Crippen LogP contribution in [-0.2, 0) is 0 Å². The van der Waals surface area contributed by atoms with Crippen LogP contribution in [0.4, 0.5) is 5.69 Å². The molecule has 1 aliphatic carbocycles. The van der Waals surface area contributed by atoms with Crippen molar-refractivity contribution < 1.29 is 5.11 Å². The van der Waals surface area contributed by atoms with Crippen molar-refractivity contribution in [3.63, 3.8) is 0 Å². The van der Waals surface area contributed by atoms with E-state index in [0.29, 0.717) is 11.2 Å². The maximum atomic E-state index is 9.42. The predicted octanol–water partition coefficient (Wildman–Crippen LogP) is 2.76. The van der Waals surface area contributed by atoms with Crippen LogP contribution in [0, 0.1) is 6.92 Å². The van der Waals surface area contributed by atoms with E-state index in [0.717, 1.165) is 36.9 Å². The molecule has 2 rings (SSSR count). The van der Waals surface area contributed by atoms with E-state index in [1.54, 1.807) is 6.20 Å². The summed E-state index contributed by atoms with van der Waals surface area (Å²) >= 11 is 5.87. The quantitative estimate of drug-likeness (QED) is 0.782. The first-order valence-electron chi connectivity index (χ1n) is 5.72. The van der Waals surface area contributed by atoms with Gasteiger partial charge in [0, 0.05) is 6.04 Å². The van der Waals surface area contributed by atoms with Crippen molar-refractivity contribution in [3.05, 3.63) is 23.0 Å². The lowest BCUT2D eigenvalue weighted by molar-refractivity contribution is 0.126. The molecular weight excluding hydrogens is 224 g/mol. The average molecular weight is 241 g/mol. The number of nitrogens with one attached hydrogen (secondary N) is 1. The molecule has 1 fully saturated rings. The van der Waals surface area contributed by atoms with E-state index in [4.69, 9.17) is 11.6 Å². The van der Waals surface area contributed by atoms with Crippen LogP contribution in [0.1, 0.15) is 31.2 Å².